The van der Waals surface area contributed by atoms with E-state index in [-0.39, 0.29) is 23.5 Å². The standard InChI is InChI=1S/C15H20Cl2N2O3S/c1-10(15(20)18-13-5-6-23(21,22)9-13)19(2)8-11-3-4-12(16)7-14(11)17/h3-4,7,10,13H,5-6,8-9H2,1-2H3,(H,18,20)/t10-,13+/m0/s1. The molecular formula is C15H20Cl2N2O3S. The zero-order valence-electron chi connectivity index (χ0n) is 13.1. The highest BCUT2D eigenvalue weighted by molar-refractivity contribution is 7.91. The number of nitrogens with one attached hydrogen (secondary N) is 1. The van der Waals surface area contributed by atoms with E-state index in [1.807, 2.05) is 18.0 Å². The first kappa shape index (κ1) is 18.5. The van der Waals surface area contributed by atoms with Crippen molar-refractivity contribution in [2.24, 2.45) is 0 Å². The largest absolute Gasteiger partial charge is 0.351 e. The minimum atomic E-state index is -3.00. The van der Waals surface area contributed by atoms with Crippen molar-refractivity contribution in [1.29, 1.82) is 0 Å². The fourth-order valence-corrected chi connectivity index (χ4v) is 4.63. The van der Waals surface area contributed by atoms with Crippen LogP contribution in [0.2, 0.25) is 10.0 Å². The molecule has 5 nitrogen and oxygen atoms in total. The third kappa shape index (κ3) is 5.08. The molecule has 1 amide bonds. The van der Waals surface area contributed by atoms with Crippen molar-refractivity contribution >= 4 is 38.9 Å². The van der Waals surface area contributed by atoms with Gasteiger partial charge in [-0.2, -0.15) is 0 Å². The van der Waals surface area contributed by atoms with Crippen molar-refractivity contribution in [3.8, 4) is 0 Å². The Morgan fingerprint density at radius 3 is 2.70 bits per heavy atom. The highest BCUT2D eigenvalue weighted by Gasteiger charge is 2.30. The molecule has 0 aliphatic carbocycles. The van der Waals surface area contributed by atoms with Gasteiger partial charge >= 0.3 is 0 Å². The molecule has 1 aliphatic heterocycles. The molecule has 0 aromatic heterocycles. The van der Waals surface area contributed by atoms with Gasteiger partial charge in [0.1, 0.15) is 0 Å². The second-order valence-electron chi connectivity index (χ2n) is 5.94. The van der Waals surface area contributed by atoms with Gasteiger partial charge in [0, 0.05) is 22.6 Å². The second-order valence-corrected chi connectivity index (χ2v) is 9.01. The van der Waals surface area contributed by atoms with E-state index in [1.54, 1.807) is 19.1 Å². The molecule has 1 aromatic carbocycles. The molecule has 1 fully saturated rings. The molecule has 1 aliphatic rings. The van der Waals surface area contributed by atoms with Crippen molar-refractivity contribution in [2.75, 3.05) is 18.6 Å². The van der Waals surface area contributed by atoms with Gasteiger partial charge in [0.15, 0.2) is 9.84 Å². The molecule has 1 aromatic rings. The topological polar surface area (TPSA) is 66.5 Å². The molecule has 1 saturated heterocycles. The fourth-order valence-electron chi connectivity index (χ4n) is 2.49. The monoisotopic (exact) mass is 378 g/mol. The average Bonchev–Trinajstić information content (AvgIpc) is 2.80. The molecule has 2 rings (SSSR count). The summed E-state index contributed by atoms with van der Waals surface area (Å²) in [6, 6.07) is 4.56. The molecule has 0 saturated carbocycles. The summed E-state index contributed by atoms with van der Waals surface area (Å²) in [5.74, 6) is -0.0134. The van der Waals surface area contributed by atoms with Gasteiger partial charge < -0.3 is 5.32 Å². The van der Waals surface area contributed by atoms with E-state index >= 15 is 0 Å². The van der Waals surface area contributed by atoms with Crippen molar-refractivity contribution in [2.45, 2.75) is 32.0 Å². The molecule has 1 heterocycles. The van der Waals surface area contributed by atoms with Crippen molar-refractivity contribution in [3.63, 3.8) is 0 Å². The maximum absolute atomic E-state index is 12.3. The predicted octanol–water partition coefficient (Wildman–Crippen LogP) is 2.12. The maximum Gasteiger partial charge on any atom is 0.237 e. The van der Waals surface area contributed by atoms with Gasteiger partial charge in [-0.15, -0.1) is 0 Å². The van der Waals surface area contributed by atoms with Crippen LogP contribution in [0, 0.1) is 0 Å². The first-order valence-corrected chi connectivity index (χ1v) is 9.90. The zero-order valence-corrected chi connectivity index (χ0v) is 15.4. The van der Waals surface area contributed by atoms with Gasteiger partial charge in [0.05, 0.1) is 17.5 Å². The lowest BCUT2D eigenvalue weighted by atomic mass is 10.1. The van der Waals surface area contributed by atoms with E-state index in [4.69, 9.17) is 23.2 Å². The Hall–Kier alpha value is -0.820. The Morgan fingerprint density at radius 1 is 1.43 bits per heavy atom. The lowest BCUT2D eigenvalue weighted by molar-refractivity contribution is -0.126. The number of halogens is 2. The normalized spacial score (nSPS) is 21.3. The number of amides is 1. The number of benzene rings is 1. The number of hydrogen-bond donors (Lipinski definition) is 1. The Morgan fingerprint density at radius 2 is 2.13 bits per heavy atom. The minimum Gasteiger partial charge on any atom is -0.351 e. The molecule has 23 heavy (non-hydrogen) atoms. The van der Waals surface area contributed by atoms with E-state index in [1.165, 1.54) is 0 Å². The third-order valence-electron chi connectivity index (χ3n) is 4.05. The smallest absolute Gasteiger partial charge is 0.237 e. The van der Waals surface area contributed by atoms with E-state index in [2.05, 4.69) is 5.32 Å². The van der Waals surface area contributed by atoms with E-state index in [9.17, 15) is 13.2 Å². The zero-order chi connectivity index (χ0) is 17.2. The van der Waals surface area contributed by atoms with E-state index in [0.29, 0.717) is 23.0 Å². The number of rotatable bonds is 5. The van der Waals surface area contributed by atoms with Crippen LogP contribution in [-0.4, -0.2) is 49.9 Å². The first-order chi connectivity index (χ1) is 10.7. The Kier molecular flexibility index (Phi) is 5.94. The number of carbonyl (C=O) groups excluding carboxylic acids is 1. The summed E-state index contributed by atoms with van der Waals surface area (Å²) >= 11 is 12.0. The molecule has 2 atom stereocenters. The van der Waals surface area contributed by atoms with Crippen LogP contribution >= 0.6 is 23.2 Å². The van der Waals surface area contributed by atoms with Gasteiger partial charge in [-0.1, -0.05) is 29.3 Å². The molecule has 0 radical (unpaired) electrons. The predicted molar refractivity (Wildman–Crippen MR) is 92.6 cm³/mol. The highest BCUT2D eigenvalue weighted by Crippen LogP contribution is 2.22. The van der Waals surface area contributed by atoms with Crippen LogP contribution in [-0.2, 0) is 21.2 Å². The average molecular weight is 379 g/mol. The van der Waals surface area contributed by atoms with Crippen LogP contribution in [0.5, 0.6) is 0 Å². The lowest BCUT2D eigenvalue weighted by Crippen LogP contribution is -2.47. The number of hydrogen-bond acceptors (Lipinski definition) is 4. The van der Waals surface area contributed by atoms with E-state index in [0.717, 1.165) is 5.56 Å². The summed E-state index contributed by atoms with van der Waals surface area (Å²) in [5, 5.41) is 3.93. The van der Waals surface area contributed by atoms with Crippen molar-refractivity contribution in [1.82, 2.24) is 10.2 Å². The fraction of sp³-hybridized carbons (Fsp3) is 0.533. The SMILES string of the molecule is C[C@@H](C(=O)N[C@@H]1CCS(=O)(=O)C1)N(C)Cc1ccc(Cl)cc1Cl. The third-order valence-corrected chi connectivity index (χ3v) is 6.41. The van der Waals surface area contributed by atoms with Gasteiger partial charge in [0.2, 0.25) is 5.91 Å². The molecule has 1 N–H and O–H groups in total. The first-order valence-electron chi connectivity index (χ1n) is 7.33. The molecule has 0 spiro atoms. The number of nitrogens with zero attached hydrogens (tertiary/aromatic N) is 1. The van der Waals surface area contributed by atoms with Crippen molar-refractivity contribution in [3.05, 3.63) is 33.8 Å². The lowest BCUT2D eigenvalue weighted by Gasteiger charge is -2.25. The van der Waals surface area contributed by atoms with Crippen LogP contribution in [0.25, 0.3) is 0 Å². The summed E-state index contributed by atoms with van der Waals surface area (Å²) in [7, 11) is -1.18. The summed E-state index contributed by atoms with van der Waals surface area (Å²) in [6.07, 6.45) is 0.480. The molecular weight excluding hydrogens is 359 g/mol. The Labute approximate surface area is 146 Å². The summed E-state index contributed by atoms with van der Waals surface area (Å²) in [6.45, 7) is 2.27. The number of carbonyl (C=O) groups is 1. The van der Waals surface area contributed by atoms with Crippen LogP contribution in [0.15, 0.2) is 18.2 Å². The maximum atomic E-state index is 12.3. The van der Waals surface area contributed by atoms with Crippen LogP contribution in [0.1, 0.15) is 18.9 Å². The summed E-state index contributed by atoms with van der Waals surface area (Å²) < 4.78 is 22.9. The van der Waals surface area contributed by atoms with E-state index < -0.39 is 15.9 Å². The van der Waals surface area contributed by atoms with Crippen molar-refractivity contribution < 1.29 is 13.2 Å². The van der Waals surface area contributed by atoms with Gasteiger partial charge in [0.25, 0.3) is 0 Å². The summed E-state index contributed by atoms with van der Waals surface area (Å²) in [4.78, 5) is 14.1. The van der Waals surface area contributed by atoms with Crippen LogP contribution < -0.4 is 5.32 Å². The van der Waals surface area contributed by atoms with Crippen LogP contribution in [0.4, 0.5) is 0 Å². The molecule has 8 heteroatoms. The number of likely N-dealkylation sites (N-methyl/N-ethyl adjacent to an activating group) is 1. The quantitative estimate of drug-likeness (QED) is 0.851. The minimum absolute atomic E-state index is 0.0260. The van der Waals surface area contributed by atoms with Gasteiger partial charge in [-0.25, -0.2) is 8.42 Å². The molecule has 0 unspecified atom stereocenters. The summed E-state index contributed by atoms with van der Waals surface area (Å²) in [5.41, 5.74) is 0.877. The Balaban J connectivity index is 1.93. The van der Waals surface area contributed by atoms with Gasteiger partial charge in [-0.3, -0.25) is 9.69 Å². The van der Waals surface area contributed by atoms with Crippen LogP contribution in [0.3, 0.4) is 0 Å². The molecule has 128 valence electrons. The molecule has 0 bridgehead atoms. The van der Waals surface area contributed by atoms with Gasteiger partial charge in [-0.05, 0) is 38.1 Å². The highest BCUT2D eigenvalue weighted by atomic mass is 35.5. The Bertz CT molecular complexity index is 694. The number of sulfone groups is 1. The second kappa shape index (κ2) is 7.38.